The second-order valence-electron chi connectivity index (χ2n) is 6.25. The van der Waals surface area contributed by atoms with E-state index >= 15 is 0 Å². The quantitative estimate of drug-likeness (QED) is 0.694. The summed E-state index contributed by atoms with van der Waals surface area (Å²) in [6.45, 7) is 5.25. The molecule has 0 radical (unpaired) electrons. The lowest BCUT2D eigenvalue weighted by Gasteiger charge is -2.10. The van der Waals surface area contributed by atoms with Crippen molar-refractivity contribution in [1.29, 1.82) is 0 Å². The molecule has 1 aromatic heterocycles. The summed E-state index contributed by atoms with van der Waals surface area (Å²) in [5.41, 5.74) is 7.33. The van der Waals surface area contributed by atoms with Gasteiger partial charge in [0.25, 0.3) is 0 Å². The number of hydrogen-bond donors (Lipinski definition) is 1. The van der Waals surface area contributed by atoms with Crippen molar-refractivity contribution in [3.63, 3.8) is 0 Å². The van der Waals surface area contributed by atoms with Crippen molar-refractivity contribution in [2.45, 2.75) is 25.2 Å². The largest absolute Gasteiger partial charge is 0.369 e. The number of benzene rings is 2. The predicted octanol–water partition coefficient (Wildman–Crippen LogP) is 4.85. The minimum atomic E-state index is 0.979. The monoisotopic (exact) mass is 335 g/mol. The van der Waals surface area contributed by atoms with Crippen molar-refractivity contribution >= 4 is 17.6 Å². The molecule has 0 atom stereocenters. The molecule has 3 nitrogen and oxygen atoms in total. The molecule has 0 amide bonds. The van der Waals surface area contributed by atoms with Crippen molar-refractivity contribution in [3.05, 3.63) is 59.2 Å². The van der Waals surface area contributed by atoms with Crippen LogP contribution in [-0.2, 0) is 6.42 Å². The molecule has 122 valence electrons. The molecule has 0 bridgehead atoms. The molecular weight excluding hydrogens is 314 g/mol. The van der Waals surface area contributed by atoms with Gasteiger partial charge in [-0.2, -0.15) is 5.10 Å². The van der Waals surface area contributed by atoms with Crippen LogP contribution in [0.25, 0.3) is 16.9 Å². The Morgan fingerprint density at radius 3 is 2.79 bits per heavy atom. The van der Waals surface area contributed by atoms with Crippen LogP contribution in [0.5, 0.6) is 0 Å². The van der Waals surface area contributed by atoms with Gasteiger partial charge in [0.2, 0.25) is 0 Å². The number of nitrogens with one attached hydrogen (secondary N) is 1. The Bertz CT molecular complexity index is 911. The molecule has 0 aliphatic carbocycles. The summed E-state index contributed by atoms with van der Waals surface area (Å²) in [6, 6.07) is 15.1. The van der Waals surface area contributed by atoms with E-state index in [-0.39, 0.29) is 0 Å². The van der Waals surface area contributed by atoms with E-state index in [0.717, 1.165) is 30.2 Å². The van der Waals surface area contributed by atoms with Crippen LogP contribution < -0.4 is 5.32 Å². The molecule has 2 aromatic carbocycles. The standard InChI is InChI=1S/C20H21N3S/c1-13-8-9-14(2)17(12-13)23-20-16(10-11-21-20)19(22-23)15-6-4-5-7-18(15)24-3/h4-9,12,21H,10-11H2,1-3H3. The van der Waals surface area contributed by atoms with Gasteiger partial charge in [0.1, 0.15) is 5.82 Å². The van der Waals surface area contributed by atoms with Crippen LogP contribution in [0.15, 0.2) is 47.4 Å². The molecular formula is C20H21N3S. The Balaban J connectivity index is 1.94. The van der Waals surface area contributed by atoms with E-state index in [2.05, 4.69) is 72.6 Å². The molecule has 1 aliphatic rings. The van der Waals surface area contributed by atoms with Gasteiger partial charge in [-0.25, -0.2) is 4.68 Å². The first-order valence-corrected chi connectivity index (χ1v) is 9.48. The molecule has 4 heteroatoms. The van der Waals surface area contributed by atoms with Crippen LogP contribution in [0, 0.1) is 13.8 Å². The van der Waals surface area contributed by atoms with Crippen molar-refractivity contribution in [1.82, 2.24) is 9.78 Å². The molecule has 4 rings (SSSR count). The third kappa shape index (κ3) is 2.42. The van der Waals surface area contributed by atoms with Gasteiger partial charge in [-0.05, 0) is 49.8 Å². The SMILES string of the molecule is CSc1ccccc1-c1nn(-c2cc(C)ccc2C)c2c1CCN2. The van der Waals surface area contributed by atoms with E-state index in [9.17, 15) is 0 Å². The number of anilines is 1. The molecule has 2 heterocycles. The van der Waals surface area contributed by atoms with Crippen LogP contribution >= 0.6 is 11.8 Å². The fourth-order valence-corrected chi connectivity index (χ4v) is 3.95. The van der Waals surface area contributed by atoms with E-state index < -0.39 is 0 Å². The van der Waals surface area contributed by atoms with Gasteiger partial charge >= 0.3 is 0 Å². The summed E-state index contributed by atoms with van der Waals surface area (Å²) >= 11 is 1.78. The van der Waals surface area contributed by atoms with E-state index in [1.165, 1.54) is 27.1 Å². The summed E-state index contributed by atoms with van der Waals surface area (Å²) in [5.74, 6) is 1.15. The summed E-state index contributed by atoms with van der Waals surface area (Å²) in [6.07, 6.45) is 3.15. The second-order valence-corrected chi connectivity index (χ2v) is 7.10. The van der Waals surface area contributed by atoms with Crippen LogP contribution in [0.1, 0.15) is 16.7 Å². The highest BCUT2D eigenvalue weighted by molar-refractivity contribution is 7.98. The third-order valence-electron chi connectivity index (χ3n) is 4.61. The van der Waals surface area contributed by atoms with Crippen molar-refractivity contribution in [2.24, 2.45) is 0 Å². The average Bonchev–Trinajstić information content (AvgIpc) is 3.19. The maximum atomic E-state index is 5.02. The molecule has 24 heavy (non-hydrogen) atoms. The highest BCUT2D eigenvalue weighted by Gasteiger charge is 2.25. The lowest BCUT2D eigenvalue weighted by Crippen LogP contribution is -2.06. The van der Waals surface area contributed by atoms with Gasteiger partial charge in [0.15, 0.2) is 0 Å². The van der Waals surface area contributed by atoms with Crippen molar-refractivity contribution < 1.29 is 0 Å². The molecule has 0 fully saturated rings. The number of rotatable bonds is 3. The lowest BCUT2D eigenvalue weighted by atomic mass is 10.1. The van der Waals surface area contributed by atoms with Gasteiger partial charge in [0.05, 0.1) is 11.4 Å². The number of aromatic nitrogens is 2. The number of nitrogens with zero attached hydrogens (tertiary/aromatic N) is 2. The first-order chi connectivity index (χ1) is 11.7. The normalized spacial score (nSPS) is 13.0. The summed E-state index contributed by atoms with van der Waals surface area (Å²) in [7, 11) is 0. The zero-order valence-corrected chi connectivity index (χ0v) is 15.1. The Hall–Kier alpha value is -2.20. The third-order valence-corrected chi connectivity index (χ3v) is 5.40. The first-order valence-electron chi connectivity index (χ1n) is 8.26. The average molecular weight is 335 g/mol. The zero-order chi connectivity index (χ0) is 16.7. The summed E-state index contributed by atoms with van der Waals surface area (Å²) in [5, 5.41) is 8.56. The Morgan fingerprint density at radius 2 is 1.96 bits per heavy atom. The number of thioether (sulfide) groups is 1. The fraction of sp³-hybridized carbons (Fsp3) is 0.250. The molecule has 0 spiro atoms. The van der Waals surface area contributed by atoms with Crippen molar-refractivity contribution in [3.8, 4) is 16.9 Å². The highest BCUT2D eigenvalue weighted by Crippen LogP contribution is 2.38. The highest BCUT2D eigenvalue weighted by atomic mass is 32.2. The molecule has 1 N–H and O–H groups in total. The van der Waals surface area contributed by atoms with E-state index in [4.69, 9.17) is 5.10 Å². The van der Waals surface area contributed by atoms with Crippen LogP contribution in [0.4, 0.5) is 5.82 Å². The second kappa shape index (κ2) is 6.02. The topological polar surface area (TPSA) is 29.9 Å². The van der Waals surface area contributed by atoms with E-state index in [1.54, 1.807) is 11.8 Å². The number of hydrogen-bond acceptors (Lipinski definition) is 3. The molecule has 0 saturated heterocycles. The minimum Gasteiger partial charge on any atom is -0.369 e. The van der Waals surface area contributed by atoms with Crippen LogP contribution in [0.2, 0.25) is 0 Å². The van der Waals surface area contributed by atoms with Crippen LogP contribution in [-0.4, -0.2) is 22.6 Å². The van der Waals surface area contributed by atoms with Gasteiger partial charge in [-0.1, -0.05) is 30.3 Å². The summed E-state index contributed by atoms with van der Waals surface area (Å²) < 4.78 is 2.09. The molecule has 3 aromatic rings. The lowest BCUT2D eigenvalue weighted by molar-refractivity contribution is 0.873. The first kappa shape index (κ1) is 15.3. The number of aryl methyl sites for hydroxylation is 2. The Kier molecular flexibility index (Phi) is 3.85. The molecule has 0 saturated carbocycles. The smallest absolute Gasteiger partial charge is 0.133 e. The maximum absolute atomic E-state index is 5.02. The molecule has 0 unspecified atom stereocenters. The van der Waals surface area contributed by atoms with Gasteiger partial charge < -0.3 is 5.32 Å². The van der Waals surface area contributed by atoms with Gasteiger partial charge in [0, 0.05) is 22.6 Å². The Morgan fingerprint density at radius 1 is 1.12 bits per heavy atom. The Labute approximate surface area is 147 Å². The zero-order valence-electron chi connectivity index (χ0n) is 14.3. The van der Waals surface area contributed by atoms with Crippen molar-refractivity contribution in [2.75, 3.05) is 18.1 Å². The van der Waals surface area contributed by atoms with Crippen LogP contribution in [0.3, 0.4) is 0 Å². The fourth-order valence-electron chi connectivity index (χ4n) is 3.35. The van der Waals surface area contributed by atoms with Gasteiger partial charge in [-0.15, -0.1) is 11.8 Å². The maximum Gasteiger partial charge on any atom is 0.133 e. The summed E-state index contributed by atoms with van der Waals surface area (Å²) in [4.78, 5) is 1.28. The van der Waals surface area contributed by atoms with E-state index in [0.29, 0.717) is 0 Å². The molecule has 1 aliphatic heterocycles. The minimum absolute atomic E-state index is 0.979. The van der Waals surface area contributed by atoms with E-state index in [1.807, 2.05) is 0 Å². The predicted molar refractivity (Wildman–Crippen MR) is 102 cm³/mol. The van der Waals surface area contributed by atoms with Gasteiger partial charge in [-0.3, -0.25) is 0 Å². The number of fused-ring (bicyclic) bond motifs is 1.